The topological polar surface area (TPSA) is 125 Å². The lowest BCUT2D eigenvalue weighted by Gasteiger charge is -2.33. The fourth-order valence-electron chi connectivity index (χ4n) is 4.81. The molecule has 0 radical (unpaired) electrons. The molecule has 2 aliphatic rings. The Labute approximate surface area is 198 Å². The zero-order valence-corrected chi connectivity index (χ0v) is 18.9. The van der Waals surface area contributed by atoms with Crippen molar-refractivity contribution >= 4 is 18.0 Å². The Morgan fingerprint density at radius 3 is 2.15 bits per heavy atom. The van der Waals surface area contributed by atoms with Gasteiger partial charge in [-0.3, -0.25) is 9.59 Å². The number of rotatable bonds is 10. The number of carbonyl (C=O) groups excluding carboxylic acids is 2. The Morgan fingerprint density at radius 1 is 1.00 bits per heavy atom. The van der Waals surface area contributed by atoms with Crippen LogP contribution in [0.15, 0.2) is 48.5 Å². The number of nitrogens with one attached hydrogen (secondary N) is 2. The molecule has 4 rings (SSSR count). The quantitative estimate of drug-likeness (QED) is 0.427. The van der Waals surface area contributed by atoms with E-state index in [2.05, 4.69) is 10.6 Å². The van der Waals surface area contributed by atoms with Gasteiger partial charge in [0.05, 0.1) is 6.42 Å². The Morgan fingerprint density at radius 2 is 1.62 bits per heavy atom. The second-order valence-corrected chi connectivity index (χ2v) is 9.00. The first-order chi connectivity index (χ1) is 16.5. The average Bonchev–Trinajstić information content (AvgIpc) is 3.12. The number of hydrogen-bond acceptors (Lipinski definition) is 5. The monoisotopic (exact) mass is 466 g/mol. The number of ether oxygens (including phenoxy) is 1. The Balaban J connectivity index is 1.36. The highest BCUT2D eigenvalue weighted by Crippen LogP contribution is 2.44. The third-order valence-corrected chi connectivity index (χ3v) is 6.92. The van der Waals surface area contributed by atoms with Gasteiger partial charge < -0.3 is 25.6 Å². The van der Waals surface area contributed by atoms with Gasteiger partial charge >= 0.3 is 12.1 Å². The zero-order chi connectivity index (χ0) is 24.1. The summed E-state index contributed by atoms with van der Waals surface area (Å²) in [6.45, 7) is 0.256. The highest BCUT2D eigenvalue weighted by atomic mass is 16.5. The first kappa shape index (κ1) is 23.8. The number of carboxylic acids is 1. The van der Waals surface area contributed by atoms with Crippen LogP contribution in [0, 0.1) is 11.8 Å². The molecule has 0 aromatic heterocycles. The average molecular weight is 467 g/mol. The molecule has 2 amide bonds. The summed E-state index contributed by atoms with van der Waals surface area (Å²) in [5.41, 5.74) is 4.31. The van der Waals surface area contributed by atoms with Crippen LogP contribution < -0.4 is 10.6 Å². The minimum Gasteiger partial charge on any atom is -0.481 e. The fourth-order valence-corrected chi connectivity index (χ4v) is 4.81. The van der Waals surface area contributed by atoms with E-state index in [0.717, 1.165) is 41.5 Å². The highest BCUT2D eigenvalue weighted by molar-refractivity contribution is 5.89. The maximum Gasteiger partial charge on any atom is 0.407 e. The molecule has 180 valence electrons. The molecule has 4 N–H and O–H groups in total. The van der Waals surface area contributed by atoms with E-state index in [9.17, 15) is 24.6 Å². The zero-order valence-electron chi connectivity index (χ0n) is 18.9. The predicted octanol–water partition coefficient (Wildman–Crippen LogP) is 2.89. The molecule has 2 aromatic carbocycles. The molecule has 0 saturated heterocycles. The summed E-state index contributed by atoms with van der Waals surface area (Å²) in [5, 5.41) is 23.9. The standard InChI is InChI=1S/C26H30N2O6/c29-14-17(16-6-5-7-16)13-27-25(32)23(12-24(30)31)28-26(33)34-15-22-20-10-3-1-8-18(20)19-9-2-4-11-21(19)22/h1-4,8-11,16-17,22-23,29H,5-7,12-15H2,(H,27,32)(H,28,33)(H,30,31). The minimum absolute atomic E-state index is 0.0473. The number of benzene rings is 2. The van der Waals surface area contributed by atoms with Crippen molar-refractivity contribution in [1.29, 1.82) is 0 Å². The van der Waals surface area contributed by atoms with E-state index in [1.807, 2.05) is 48.5 Å². The van der Waals surface area contributed by atoms with Gasteiger partial charge in [0.25, 0.3) is 0 Å². The van der Waals surface area contributed by atoms with Crippen LogP contribution in [-0.4, -0.2) is 54.0 Å². The van der Waals surface area contributed by atoms with Crippen LogP contribution in [0.3, 0.4) is 0 Å². The summed E-state index contributed by atoms with van der Waals surface area (Å²) < 4.78 is 5.45. The van der Waals surface area contributed by atoms with E-state index in [4.69, 9.17) is 4.74 Å². The van der Waals surface area contributed by atoms with Crippen molar-refractivity contribution in [2.75, 3.05) is 19.8 Å². The molecule has 2 atom stereocenters. The van der Waals surface area contributed by atoms with Gasteiger partial charge in [-0.25, -0.2) is 4.79 Å². The van der Waals surface area contributed by atoms with E-state index >= 15 is 0 Å². The molecule has 8 heteroatoms. The van der Waals surface area contributed by atoms with Crippen LogP contribution in [0.4, 0.5) is 4.79 Å². The van der Waals surface area contributed by atoms with Gasteiger partial charge in [-0.05, 0) is 28.2 Å². The molecule has 2 unspecified atom stereocenters. The molecule has 1 fully saturated rings. The second kappa shape index (κ2) is 10.7. The Bertz CT molecular complexity index is 1010. The Kier molecular flexibility index (Phi) is 7.47. The summed E-state index contributed by atoms with van der Waals surface area (Å²) in [4.78, 5) is 36.4. The highest BCUT2D eigenvalue weighted by Gasteiger charge is 2.31. The lowest BCUT2D eigenvalue weighted by molar-refractivity contribution is -0.139. The van der Waals surface area contributed by atoms with Gasteiger partial charge in [0, 0.05) is 25.0 Å². The molecule has 34 heavy (non-hydrogen) atoms. The van der Waals surface area contributed by atoms with E-state index in [1.165, 1.54) is 0 Å². The Hall–Kier alpha value is -3.39. The van der Waals surface area contributed by atoms with Crippen molar-refractivity contribution in [3.05, 3.63) is 59.7 Å². The normalized spacial score (nSPS) is 16.5. The van der Waals surface area contributed by atoms with Gasteiger partial charge in [-0.1, -0.05) is 67.8 Å². The van der Waals surface area contributed by atoms with Crippen molar-refractivity contribution in [2.45, 2.75) is 37.6 Å². The summed E-state index contributed by atoms with van der Waals surface area (Å²) >= 11 is 0. The lowest BCUT2D eigenvalue weighted by atomic mass is 9.76. The number of carbonyl (C=O) groups is 3. The van der Waals surface area contributed by atoms with Crippen LogP contribution in [0.25, 0.3) is 11.1 Å². The number of amides is 2. The molecule has 0 heterocycles. The molecule has 0 bridgehead atoms. The van der Waals surface area contributed by atoms with Crippen molar-refractivity contribution in [2.24, 2.45) is 11.8 Å². The van der Waals surface area contributed by atoms with Crippen molar-refractivity contribution in [3.8, 4) is 11.1 Å². The summed E-state index contributed by atoms with van der Waals surface area (Å²) in [6, 6.07) is 14.6. The van der Waals surface area contributed by atoms with Crippen LogP contribution in [0.1, 0.15) is 42.7 Å². The molecular formula is C26H30N2O6. The molecule has 0 spiro atoms. The number of alkyl carbamates (subject to hydrolysis) is 1. The number of aliphatic hydroxyl groups excluding tert-OH is 1. The molecular weight excluding hydrogens is 436 g/mol. The predicted molar refractivity (Wildman–Crippen MR) is 125 cm³/mol. The van der Waals surface area contributed by atoms with Gasteiger partial charge in [-0.15, -0.1) is 0 Å². The summed E-state index contributed by atoms with van der Waals surface area (Å²) in [7, 11) is 0. The van der Waals surface area contributed by atoms with Crippen LogP contribution in [0.2, 0.25) is 0 Å². The maximum absolute atomic E-state index is 12.6. The summed E-state index contributed by atoms with van der Waals surface area (Å²) in [5.74, 6) is -1.67. The van der Waals surface area contributed by atoms with E-state index in [1.54, 1.807) is 0 Å². The molecule has 2 aromatic rings. The largest absolute Gasteiger partial charge is 0.481 e. The lowest BCUT2D eigenvalue weighted by Crippen LogP contribution is -2.50. The van der Waals surface area contributed by atoms with Gasteiger partial charge in [-0.2, -0.15) is 0 Å². The molecule has 2 aliphatic carbocycles. The number of carboxylic acid groups (broad SMARTS) is 1. The third-order valence-electron chi connectivity index (χ3n) is 6.92. The smallest absolute Gasteiger partial charge is 0.407 e. The first-order valence-corrected chi connectivity index (χ1v) is 11.7. The molecule has 1 saturated carbocycles. The van der Waals surface area contributed by atoms with Crippen LogP contribution in [-0.2, 0) is 14.3 Å². The first-order valence-electron chi connectivity index (χ1n) is 11.7. The number of aliphatic carboxylic acids is 1. The third kappa shape index (κ3) is 5.22. The van der Waals surface area contributed by atoms with Crippen LogP contribution in [0.5, 0.6) is 0 Å². The molecule has 8 nitrogen and oxygen atoms in total. The van der Waals surface area contributed by atoms with Gasteiger partial charge in [0.1, 0.15) is 12.6 Å². The number of fused-ring (bicyclic) bond motifs is 3. The summed E-state index contributed by atoms with van der Waals surface area (Å²) in [6.07, 6.45) is 1.72. The molecule has 0 aliphatic heterocycles. The van der Waals surface area contributed by atoms with E-state index < -0.39 is 30.4 Å². The maximum atomic E-state index is 12.6. The van der Waals surface area contributed by atoms with Crippen molar-refractivity contribution < 1.29 is 29.3 Å². The van der Waals surface area contributed by atoms with E-state index in [-0.39, 0.29) is 31.6 Å². The van der Waals surface area contributed by atoms with Crippen molar-refractivity contribution in [1.82, 2.24) is 10.6 Å². The van der Waals surface area contributed by atoms with Crippen molar-refractivity contribution in [3.63, 3.8) is 0 Å². The van der Waals surface area contributed by atoms with Crippen LogP contribution >= 0.6 is 0 Å². The van der Waals surface area contributed by atoms with Gasteiger partial charge in [0.15, 0.2) is 0 Å². The number of hydrogen-bond donors (Lipinski definition) is 4. The second-order valence-electron chi connectivity index (χ2n) is 9.00. The number of aliphatic hydroxyl groups is 1. The SMILES string of the molecule is O=C(O)CC(NC(=O)OCC1c2ccccc2-c2ccccc21)C(=O)NCC(CO)C1CCC1. The van der Waals surface area contributed by atoms with Gasteiger partial charge in [0.2, 0.25) is 5.91 Å². The fraction of sp³-hybridized carbons (Fsp3) is 0.423. The van der Waals surface area contributed by atoms with E-state index in [0.29, 0.717) is 5.92 Å². The minimum atomic E-state index is -1.27.